The molecule has 31 heavy (non-hydrogen) atoms. The zero-order valence-corrected chi connectivity index (χ0v) is 17.8. The highest BCUT2D eigenvalue weighted by Crippen LogP contribution is 2.19. The van der Waals surface area contributed by atoms with Gasteiger partial charge in [-0.15, -0.1) is 0 Å². The summed E-state index contributed by atoms with van der Waals surface area (Å²) < 4.78 is 5.31. The van der Waals surface area contributed by atoms with Crippen LogP contribution in [-0.4, -0.2) is 98.5 Å². The first-order valence-corrected chi connectivity index (χ1v) is 10.2. The third-order valence-corrected chi connectivity index (χ3v) is 5.54. The maximum atomic E-state index is 12.9. The van der Waals surface area contributed by atoms with Crippen molar-refractivity contribution in [2.24, 2.45) is 5.92 Å². The zero-order chi connectivity index (χ0) is 22.4. The van der Waals surface area contributed by atoms with E-state index in [2.05, 4.69) is 10.2 Å². The Balaban J connectivity index is 1.59. The molecule has 2 aliphatic rings. The molecule has 10 nitrogen and oxygen atoms in total. The molecule has 0 aromatic heterocycles. The minimum absolute atomic E-state index is 0.0519. The van der Waals surface area contributed by atoms with Crippen molar-refractivity contribution < 1.29 is 28.8 Å². The van der Waals surface area contributed by atoms with Gasteiger partial charge in [0.1, 0.15) is 5.92 Å². The summed E-state index contributed by atoms with van der Waals surface area (Å²) >= 11 is 0. The summed E-state index contributed by atoms with van der Waals surface area (Å²) in [4.78, 5) is 58.2. The monoisotopic (exact) mass is 432 g/mol. The lowest BCUT2D eigenvalue weighted by molar-refractivity contribution is -0.183. The Morgan fingerprint density at radius 1 is 1.16 bits per heavy atom. The average molecular weight is 432 g/mol. The standard InChI is InChI=1S/C21H28N4O6/c1-22-19(27)16-5-3-15(4-6-16)13-25(30-2)20(28)17-14-24(21(29)18(17)26)8-7-23-9-11-31-12-10-23/h3-6,17H,7-14H2,1-2H3,(H,22,27). The van der Waals surface area contributed by atoms with Gasteiger partial charge in [0.15, 0.2) is 0 Å². The molecule has 2 heterocycles. The number of hydrogen-bond acceptors (Lipinski definition) is 7. The van der Waals surface area contributed by atoms with E-state index in [1.54, 1.807) is 31.3 Å². The number of carbonyl (C=O) groups excluding carboxylic acids is 4. The predicted octanol–water partition coefficient (Wildman–Crippen LogP) is -0.704. The number of morpholine rings is 1. The van der Waals surface area contributed by atoms with Crippen molar-refractivity contribution in [2.45, 2.75) is 6.54 Å². The molecule has 2 fully saturated rings. The normalized spacial score (nSPS) is 19.5. The first-order chi connectivity index (χ1) is 14.9. The van der Waals surface area contributed by atoms with Gasteiger partial charge in [-0.05, 0) is 17.7 Å². The number of ketones is 1. The topological polar surface area (TPSA) is 108 Å². The second-order valence-electron chi connectivity index (χ2n) is 7.46. The Morgan fingerprint density at radius 2 is 1.84 bits per heavy atom. The maximum absolute atomic E-state index is 12.9. The van der Waals surface area contributed by atoms with Crippen LogP contribution >= 0.6 is 0 Å². The van der Waals surface area contributed by atoms with Gasteiger partial charge in [-0.1, -0.05) is 12.1 Å². The minimum Gasteiger partial charge on any atom is -0.379 e. The van der Waals surface area contributed by atoms with Gasteiger partial charge in [0.2, 0.25) is 5.78 Å². The second-order valence-corrected chi connectivity index (χ2v) is 7.46. The number of hydrogen-bond donors (Lipinski definition) is 1. The van der Waals surface area contributed by atoms with Crippen molar-refractivity contribution in [1.82, 2.24) is 20.2 Å². The van der Waals surface area contributed by atoms with Crippen LogP contribution in [0.1, 0.15) is 15.9 Å². The fourth-order valence-electron chi connectivity index (χ4n) is 3.64. The molecule has 0 saturated carbocycles. The highest BCUT2D eigenvalue weighted by molar-refractivity contribution is 6.42. The highest BCUT2D eigenvalue weighted by Gasteiger charge is 2.44. The fourth-order valence-corrected chi connectivity index (χ4v) is 3.64. The van der Waals surface area contributed by atoms with Crippen molar-refractivity contribution in [1.29, 1.82) is 0 Å². The van der Waals surface area contributed by atoms with E-state index >= 15 is 0 Å². The number of likely N-dealkylation sites (tertiary alicyclic amines) is 1. The smallest absolute Gasteiger partial charge is 0.290 e. The fraction of sp³-hybridized carbons (Fsp3) is 0.524. The maximum Gasteiger partial charge on any atom is 0.290 e. The third kappa shape index (κ3) is 5.46. The van der Waals surface area contributed by atoms with E-state index in [1.807, 2.05) is 0 Å². The zero-order valence-electron chi connectivity index (χ0n) is 17.8. The van der Waals surface area contributed by atoms with Gasteiger partial charge in [-0.2, -0.15) is 0 Å². The summed E-state index contributed by atoms with van der Waals surface area (Å²) in [6.45, 7) is 4.05. The Kier molecular flexibility index (Phi) is 7.72. The highest BCUT2D eigenvalue weighted by atomic mass is 16.7. The van der Waals surface area contributed by atoms with E-state index in [0.29, 0.717) is 31.9 Å². The number of amides is 3. The van der Waals surface area contributed by atoms with E-state index in [-0.39, 0.29) is 19.0 Å². The van der Waals surface area contributed by atoms with Crippen LogP contribution in [0.3, 0.4) is 0 Å². The quantitative estimate of drug-likeness (QED) is 0.329. The molecule has 0 radical (unpaired) electrons. The summed E-state index contributed by atoms with van der Waals surface area (Å²) in [6, 6.07) is 6.70. The van der Waals surface area contributed by atoms with E-state index < -0.39 is 23.5 Å². The molecule has 0 aliphatic carbocycles. The molecule has 1 unspecified atom stereocenters. The Hall–Kier alpha value is -2.82. The average Bonchev–Trinajstić information content (AvgIpc) is 3.10. The van der Waals surface area contributed by atoms with Crippen molar-refractivity contribution in [3.05, 3.63) is 35.4 Å². The molecule has 0 spiro atoms. The van der Waals surface area contributed by atoms with E-state index in [1.165, 1.54) is 12.0 Å². The van der Waals surface area contributed by atoms with Crippen molar-refractivity contribution >= 4 is 23.5 Å². The van der Waals surface area contributed by atoms with Crippen LogP contribution in [0, 0.1) is 5.92 Å². The molecule has 1 aromatic rings. The van der Waals surface area contributed by atoms with Crippen molar-refractivity contribution in [3.8, 4) is 0 Å². The van der Waals surface area contributed by atoms with Crippen LogP contribution in [0.2, 0.25) is 0 Å². The number of rotatable bonds is 8. The molecule has 1 atom stereocenters. The molecule has 168 valence electrons. The van der Waals surface area contributed by atoms with Crippen LogP contribution in [0.15, 0.2) is 24.3 Å². The number of nitrogens with zero attached hydrogens (tertiary/aromatic N) is 3. The van der Waals surface area contributed by atoms with Crippen LogP contribution in [-0.2, 0) is 30.5 Å². The molecule has 3 amide bonds. The van der Waals surface area contributed by atoms with Crippen LogP contribution < -0.4 is 5.32 Å². The SMILES string of the molecule is CNC(=O)c1ccc(CN(OC)C(=O)C2CN(CCN3CCOCC3)C(=O)C2=O)cc1. The summed E-state index contributed by atoms with van der Waals surface area (Å²) in [6.07, 6.45) is 0. The molecule has 0 bridgehead atoms. The molecular weight excluding hydrogens is 404 g/mol. The van der Waals surface area contributed by atoms with E-state index in [0.717, 1.165) is 23.7 Å². The molecule has 3 rings (SSSR count). The van der Waals surface area contributed by atoms with Gasteiger partial charge in [-0.3, -0.25) is 28.9 Å². The van der Waals surface area contributed by atoms with Crippen LogP contribution in [0.4, 0.5) is 0 Å². The van der Waals surface area contributed by atoms with Crippen LogP contribution in [0.5, 0.6) is 0 Å². The molecule has 1 aromatic carbocycles. The lowest BCUT2D eigenvalue weighted by Gasteiger charge is -2.28. The summed E-state index contributed by atoms with van der Waals surface area (Å²) in [5.41, 5.74) is 1.22. The first kappa shape index (κ1) is 22.9. The number of Topliss-reactive ketones (excluding diaryl/α,β-unsaturated/α-hetero) is 1. The predicted molar refractivity (Wildman–Crippen MR) is 110 cm³/mol. The number of hydroxylamine groups is 2. The Bertz CT molecular complexity index is 822. The largest absolute Gasteiger partial charge is 0.379 e. The van der Waals surface area contributed by atoms with Gasteiger partial charge >= 0.3 is 0 Å². The van der Waals surface area contributed by atoms with E-state index in [4.69, 9.17) is 9.57 Å². The Labute approximate surface area is 181 Å². The second kappa shape index (κ2) is 10.5. The number of nitrogens with one attached hydrogen (secondary N) is 1. The van der Waals surface area contributed by atoms with E-state index in [9.17, 15) is 19.2 Å². The molecule has 1 N–H and O–H groups in total. The summed E-state index contributed by atoms with van der Waals surface area (Å²) in [5, 5.41) is 3.62. The molecular formula is C21H28N4O6. The number of carbonyl (C=O) groups is 4. The lowest BCUT2D eigenvalue weighted by atomic mass is 10.1. The third-order valence-electron chi connectivity index (χ3n) is 5.54. The summed E-state index contributed by atoms with van der Waals surface area (Å²) in [7, 11) is 2.89. The minimum atomic E-state index is -1.08. The molecule has 10 heteroatoms. The van der Waals surface area contributed by atoms with Crippen molar-refractivity contribution in [2.75, 3.05) is 60.1 Å². The number of ether oxygens (including phenoxy) is 1. The van der Waals surface area contributed by atoms with Gasteiger partial charge in [0.05, 0.1) is 26.9 Å². The van der Waals surface area contributed by atoms with Crippen molar-refractivity contribution in [3.63, 3.8) is 0 Å². The molecule has 2 aliphatic heterocycles. The molecule has 2 saturated heterocycles. The Morgan fingerprint density at radius 3 is 2.45 bits per heavy atom. The van der Waals surface area contributed by atoms with Crippen LogP contribution in [0.25, 0.3) is 0 Å². The van der Waals surface area contributed by atoms with Gasteiger partial charge in [0.25, 0.3) is 17.7 Å². The first-order valence-electron chi connectivity index (χ1n) is 10.2. The van der Waals surface area contributed by atoms with Gasteiger partial charge in [0, 0.05) is 45.3 Å². The van der Waals surface area contributed by atoms with Gasteiger partial charge in [-0.25, -0.2) is 5.06 Å². The lowest BCUT2D eigenvalue weighted by Crippen LogP contribution is -2.42. The summed E-state index contributed by atoms with van der Waals surface area (Å²) in [5.74, 6) is -3.17. The van der Waals surface area contributed by atoms with Gasteiger partial charge < -0.3 is 15.0 Å². The number of benzene rings is 1.